The van der Waals surface area contributed by atoms with Gasteiger partial charge in [-0.3, -0.25) is 19.3 Å². The van der Waals surface area contributed by atoms with Gasteiger partial charge in [0.15, 0.2) is 0 Å². The molecular weight excluding hydrogens is 609 g/mol. The quantitative estimate of drug-likeness (QED) is 0.0962. The fourth-order valence-corrected chi connectivity index (χ4v) is 7.34. The van der Waals surface area contributed by atoms with Gasteiger partial charge in [-0.1, -0.05) is 54.8 Å². The third-order valence-corrected chi connectivity index (χ3v) is 9.68. The van der Waals surface area contributed by atoms with Gasteiger partial charge in [0, 0.05) is 13.0 Å². The van der Waals surface area contributed by atoms with Crippen molar-refractivity contribution >= 4 is 42.6 Å². The van der Waals surface area contributed by atoms with Gasteiger partial charge in [0.25, 0.3) is 0 Å². The lowest BCUT2D eigenvalue weighted by molar-refractivity contribution is -0.141. The largest absolute Gasteiger partial charge is 0.508 e. The number of phenolic OH excluding ortho intramolecular Hbond substituents is 1. The number of carboxylic acids is 1. The average molecular weight is 650 g/mol. The molecule has 2 saturated heterocycles. The number of imide groups is 1. The number of aromatic hydroxyl groups is 1. The van der Waals surface area contributed by atoms with Crippen molar-refractivity contribution in [2.45, 2.75) is 70.7 Å². The van der Waals surface area contributed by atoms with Gasteiger partial charge in [0.1, 0.15) is 18.1 Å². The van der Waals surface area contributed by atoms with Gasteiger partial charge in [-0.2, -0.15) is 0 Å². The molecule has 0 spiro atoms. The zero-order chi connectivity index (χ0) is 32.8. The number of hydrogen-bond donors (Lipinski definition) is 3. The van der Waals surface area contributed by atoms with E-state index in [9.17, 15) is 24.5 Å². The first-order valence-electron chi connectivity index (χ1n) is 16.1. The van der Waals surface area contributed by atoms with Crippen LogP contribution in [0.5, 0.6) is 11.5 Å². The highest BCUT2D eigenvalue weighted by atomic mass is 35.5. The minimum atomic E-state index is -1.08. The maximum Gasteiger partial charge on any atom is 0.455 e. The molecule has 2 amide bonds. The highest BCUT2D eigenvalue weighted by Crippen LogP contribution is 2.50. The molecule has 3 aliphatic rings. The molecule has 46 heavy (non-hydrogen) atoms. The van der Waals surface area contributed by atoms with E-state index >= 15 is 0 Å². The molecule has 0 unspecified atom stereocenters. The van der Waals surface area contributed by atoms with Crippen molar-refractivity contribution in [1.82, 2.24) is 4.90 Å². The predicted octanol–water partition coefficient (Wildman–Crippen LogP) is 6.14. The highest BCUT2D eigenvalue weighted by molar-refractivity contribution is 6.43. The van der Waals surface area contributed by atoms with E-state index in [1.807, 2.05) is 36.4 Å². The molecule has 0 saturated carbocycles. The number of nitrogens with zero attached hydrogens (tertiary/aromatic N) is 1. The van der Waals surface area contributed by atoms with Crippen LogP contribution in [0.1, 0.15) is 63.9 Å². The normalized spacial score (nSPS) is 23.1. The van der Waals surface area contributed by atoms with Crippen LogP contribution in [0.25, 0.3) is 6.08 Å². The number of rotatable bonds is 14. The first kappa shape index (κ1) is 33.8. The number of amides is 2. The second-order valence-electron chi connectivity index (χ2n) is 12.4. The predicted molar refractivity (Wildman–Crippen MR) is 175 cm³/mol. The number of carbonyl (C=O) groups is 3. The number of ether oxygens (including phenoxy) is 1. The van der Waals surface area contributed by atoms with Gasteiger partial charge < -0.3 is 24.6 Å². The van der Waals surface area contributed by atoms with Crippen LogP contribution in [-0.2, 0) is 19.0 Å². The molecular formula is C35H41BClNO8. The lowest BCUT2D eigenvalue weighted by atomic mass is 9.58. The fourth-order valence-electron chi connectivity index (χ4n) is 7.11. The standard InChI is InChI=1S/C35H41BClNO8/c1-2-22(17-23-13-14-25(39)19-29(23)37)12-15-30-32-24(21-45-26-9-5-3-6-10-26)18-27-33(28(32)20-36(44)46-30)35(43)38(34(27)42)16-8-4-7-11-31(40)41/h3,5-6,9-10,13-14,17,19,27-28,30,33,39,44H,2,4,7-8,11-12,15-16,18,20-21H2,1H3,(H,40,41)/b22-17+/t27-,28+,30-,33-/m1/s1. The Morgan fingerprint density at radius 3 is 2.59 bits per heavy atom. The first-order chi connectivity index (χ1) is 22.2. The summed E-state index contributed by atoms with van der Waals surface area (Å²) in [6.07, 6.45) is 5.81. The first-order valence-corrected chi connectivity index (χ1v) is 16.5. The van der Waals surface area contributed by atoms with Crippen molar-refractivity contribution in [2.75, 3.05) is 13.2 Å². The zero-order valence-electron chi connectivity index (χ0n) is 26.1. The van der Waals surface area contributed by atoms with Crippen LogP contribution in [0, 0.1) is 17.8 Å². The lowest BCUT2D eigenvalue weighted by Crippen LogP contribution is -2.46. The number of para-hydroxylation sites is 1. The highest BCUT2D eigenvalue weighted by Gasteiger charge is 2.57. The molecule has 0 aromatic heterocycles. The van der Waals surface area contributed by atoms with Crippen molar-refractivity contribution in [3.05, 3.63) is 75.8 Å². The Labute approximate surface area is 275 Å². The smallest absolute Gasteiger partial charge is 0.455 e. The molecule has 2 aromatic carbocycles. The van der Waals surface area contributed by atoms with Gasteiger partial charge in [-0.15, -0.1) is 0 Å². The van der Waals surface area contributed by atoms with Gasteiger partial charge >= 0.3 is 13.1 Å². The second kappa shape index (κ2) is 15.3. The summed E-state index contributed by atoms with van der Waals surface area (Å²) in [7, 11) is -1.08. The number of carbonyl (C=O) groups excluding carboxylic acids is 2. The molecule has 5 rings (SSSR count). The minimum absolute atomic E-state index is 0.0590. The second-order valence-corrected chi connectivity index (χ2v) is 12.8. The van der Waals surface area contributed by atoms with Crippen molar-refractivity contribution in [2.24, 2.45) is 17.8 Å². The molecule has 9 nitrogen and oxygen atoms in total. The van der Waals surface area contributed by atoms with Crippen LogP contribution in [-0.4, -0.2) is 64.3 Å². The third-order valence-electron chi connectivity index (χ3n) is 9.35. The van der Waals surface area contributed by atoms with Crippen molar-refractivity contribution in [3.8, 4) is 11.5 Å². The number of phenols is 1. The summed E-state index contributed by atoms with van der Waals surface area (Å²) in [6, 6.07) is 14.3. The molecule has 1 aliphatic carbocycles. The van der Waals surface area contributed by atoms with Crippen LogP contribution < -0.4 is 4.74 Å². The molecule has 2 aromatic rings. The topological polar surface area (TPSA) is 134 Å². The summed E-state index contributed by atoms with van der Waals surface area (Å²) in [6.45, 7) is 2.56. The molecule has 2 heterocycles. The Morgan fingerprint density at radius 2 is 1.87 bits per heavy atom. The summed E-state index contributed by atoms with van der Waals surface area (Å²) in [5.74, 6) is -1.98. The van der Waals surface area contributed by atoms with Gasteiger partial charge in [0.2, 0.25) is 11.8 Å². The lowest BCUT2D eigenvalue weighted by Gasteiger charge is -2.43. The van der Waals surface area contributed by atoms with Gasteiger partial charge in [-0.05, 0) is 97.8 Å². The molecule has 244 valence electrons. The molecule has 0 bridgehead atoms. The van der Waals surface area contributed by atoms with Crippen LogP contribution in [0.4, 0.5) is 0 Å². The van der Waals surface area contributed by atoms with Gasteiger partial charge in [-0.25, -0.2) is 0 Å². The Bertz CT molecular complexity index is 1490. The molecule has 2 fully saturated rings. The van der Waals surface area contributed by atoms with Crippen LogP contribution in [0.15, 0.2) is 65.3 Å². The summed E-state index contributed by atoms with van der Waals surface area (Å²) in [5, 5.41) is 30.1. The Morgan fingerprint density at radius 1 is 1.09 bits per heavy atom. The SMILES string of the molecule is CC/C(=C\c1ccc(O)cc1Cl)CC[C@H]1OB(O)C[C@H]2C1=C(COc1ccccc1)C[C@H]1C(=O)N(CCCCCC(=O)O)C(=O)[C@H]12. The number of hydrogen-bond acceptors (Lipinski definition) is 7. The van der Waals surface area contributed by atoms with E-state index in [0.717, 1.165) is 28.7 Å². The molecule has 2 aliphatic heterocycles. The summed E-state index contributed by atoms with van der Waals surface area (Å²) in [4.78, 5) is 39.8. The zero-order valence-corrected chi connectivity index (χ0v) is 26.8. The summed E-state index contributed by atoms with van der Waals surface area (Å²) < 4.78 is 12.4. The minimum Gasteiger partial charge on any atom is -0.508 e. The van der Waals surface area contributed by atoms with E-state index in [0.29, 0.717) is 49.3 Å². The Hall–Kier alpha value is -3.60. The van der Waals surface area contributed by atoms with E-state index in [2.05, 4.69) is 6.92 Å². The number of halogens is 1. The maximum atomic E-state index is 13.8. The number of benzene rings is 2. The molecule has 4 atom stereocenters. The van der Waals surface area contributed by atoms with Crippen LogP contribution in [0.3, 0.4) is 0 Å². The maximum absolute atomic E-state index is 13.8. The molecule has 3 N–H and O–H groups in total. The van der Waals surface area contributed by atoms with Crippen molar-refractivity contribution in [3.63, 3.8) is 0 Å². The van der Waals surface area contributed by atoms with Gasteiger partial charge in [0.05, 0.1) is 23.0 Å². The number of fused-ring (bicyclic) bond motifs is 3. The Balaban J connectivity index is 1.40. The van der Waals surface area contributed by atoms with Crippen LogP contribution >= 0.6 is 11.6 Å². The van der Waals surface area contributed by atoms with Crippen molar-refractivity contribution in [1.29, 1.82) is 0 Å². The number of allylic oxidation sites excluding steroid dienone is 1. The van der Waals surface area contributed by atoms with E-state index < -0.39 is 31.0 Å². The Kier molecular flexibility index (Phi) is 11.3. The summed E-state index contributed by atoms with van der Waals surface area (Å²) >= 11 is 6.37. The monoisotopic (exact) mass is 649 g/mol. The summed E-state index contributed by atoms with van der Waals surface area (Å²) in [5.41, 5.74) is 3.80. The van der Waals surface area contributed by atoms with E-state index in [-0.39, 0.29) is 49.4 Å². The van der Waals surface area contributed by atoms with E-state index in [1.165, 1.54) is 11.0 Å². The third kappa shape index (κ3) is 7.85. The van der Waals surface area contributed by atoms with Crippen LogP contribution in [0.2, 0.25) is 11.3 Å². The van der Waals surface area contributed by atoms with E-state index in [4.69, 9.17) is 26.1 Å². The van der Waals surface area contributed by atoms with E-state index in [1.54, 1.807) is 12.1 Å². The number of likely N-dealkylation sites (tertiary alicyclic amines) is 1. The van der Waals surface area contributed by atoms with Crippen molar-refractivity contribution < 1.29 is 39.0 Å². The average Bonchev–Trinajstić information content (AvgIpc) is 3.27. The molecule has 11 heteroatoms. The number of aliphatic carboxylic acids is 1. The number of unbranched alkanes of at least 4 members (excludes halogenated alkanes) is 2. The number of carboxylic acid groups (broad SMARTS) is 1. The fraction of sp³-hybridized carbons (Fsp3) is 0.457. The molecule has 0 radical (unpaired) electrons.